The summed E-state index contributed by atoms with van der Waals surface area (Å²) in [5.41, 5.74) is -0.972. The number of likely N-dealkylation sites (tertiary alicyclic amines) is 1. The van der Waals surface area contributed by atoms with E-state index in [1.807, 2.05) is 0 Å². The van der Waals surface area contributed by atoms with Crippen molar-refractivity contribution in [3.63, 3.8) is 0 Å². The van der Waals surface area contributed by atoms with Crippen molar-refractivity contribution in [2.45, 2.75) is 31.7 Å². The third-order valence-corrected chi connectivity index (χ3v) is 4.83. The summed E-state index contributed by atoms with van der Waals surface area (Å²) in [6.07, 6.45) is -2.28. The quantitative estimate of drug-likeness (QED) is 0.867. The average Bonchev–Trinajstić information content (AvgIpc) is 2.69. The van der Waals surface area contributed by atoms with Crippen molar-refractivity contribution < 1.29 is 21.6 Å². The minimum Gasteiger partial charge on any atom is -0.284 e. The average molecular weight is 359 g/mol. The molecule has 2 rings (SSSR count). The van der Waals surface area contributed by atoms with Gasteiger partial charge in [-0.2, -0.15) is 13.2 Å². The first-order chi connectivity index (χ1) is 10.1. The van der Waals surface area contributed by atoms with Gasteiger partial charge in [-0.15, -0.1) is 0 Å². The molecule has 0 unspecified atom stereocenters. The molecule has 0 saturated carbocycles. The number of hydrogen-bond acceptors (Lipinski definition) is 5. The Labute approximate surface area is 129 Å². The van der Waals surface area contributed by atoms with E-state index in [1.54, 1.807) is 4.90 Å². The maximum Gasteiger partial charge on any atom is 0.432 e. The molecule has 6 nitrogen and oxygen atoms in total. The molecule has 0 aliphatic carbocycles. The van der Waals surface area contributed by atoms with Gasteiger partial charge < -0.3 is 0 Å². The van der Waals surface area contributed by atoms with E-state index in [1.165, 1.54) is 0 Å². The summed E-state index contributed by atoms with van der Waals surface area (Å²) in [4.78, 5) is 12.6. The predicted molar refractivity (Wildman–Crippen MR) is 76.2 cm³/mol. The molecule has 22 heavy (non-hydrogen) atoms. The summed E-state index contributed by atoms with van der Waals surface area (Å²) in [6, 6.07) is -0.354. The summed E-state index contributed by atoms with van der Waals surface area (Å²) < 4.78 is 64.2. The van der Waals surface area contributed by atoms with Crippen molar-refractivity contribution in [1.29, 1.82) is 0 Å². The first-order valence-corrected chi connectivity index (χ1v) is 9.28. The van der Waals surface area contributed by atoms with E-state index in [-0.39, 0.29) is 19.3 Å². The highest BCUT2D eigenvalue weighted by molar-refractivity contribution is 7.88. The SMILES string of the molecule is CS(=O)(=O)N[C@H]1CCCN(Cn2c(C(F)(F)F)csc2=O)C1. The highest BCUT2D eigenvalue weighted by Gasteiger charge is 2.36. The van der Waals surface area contributed by atoms with Crippen LogP contribution in [0.1, 0.15) is 18.5 Å². The molecule has 1 N–H and O–H groups in total. The van der Waals surface area contributed by atoms with E-state index >= 15 is 0 Å². The third-order valence-electron chi connectivity index (χ3n) is 3.30. The van der Waals surface area contributed by atoms with E-state index in [0.29, 0.717) is 35.3 Å². The molecule has 1 fully saturated rings. The zero-order valence-corrected chi connectivity index (χ0v) is 13.4. The molecule has 2 heterocycles. The minimum absolute atomic E-state index is 0.195. The van der Waals surface area contributed by atoms with E-state index in [9.17, 15) is 26.4 Å². The zero-order chi connectivity index (χ0) is 16.5. The Morgan fingerprint density at radius 3 is 2.73 bits per heavy atom. The lowest BCUT2D eigenvalue weighted by Gasteiger charge is -2.33. The van der Waals surface area contributed by atoms with Crippen LogP contribution in [0.25, 0.3) is 0 Å². The first-order valence-electron chi connectivity index (χ1n) is 6.51. The van der Waals surface area contributed by atoms with E-state index in [0.717, 1.165) is 11.6 Å². The second kappa shape index (κ2) is 6.30. The lowest BCUT2D eigenvalue weighted by Crippen LogP contribution is -2.48. The van der Waals surface area contributed by atoms with Gasteiger partial charge in [-0.05, 0) is 19.4 Å². The molecule has 0 radical (unpaired) electrons. The van der Waals surface area contributed by atoms with Crippen molar-refractivity contribution in [3.8, 4) is 0 Å². The van der Waals surface area contributed by atoms with Gasteiger partial charge in [0.1, 0.15) is 5.69 Å². The molecule has 0 bridgehead atoms. The topological polar surface area (TPSA) is 71.4 Å². The van der Waals surface area contributed by atoms with E-state index < -0.39 is 26.8 Å². The lowest BCUT2D eigenvalue weighted by molar-refractivity contribution is -0.144. The van der Waals surface area contributed by atoms with Gasteiger partial charge in [-0.1, -0.05) is 11.3 Å². The summed E-state index contributed by atoms with van der Waals surface area (Å²) in [7, 11) is -3.37. The van der Waals surface area contributed by atoms with Crippen LogP contribution in [0.3, 0.4) is 0 Å². The first kappa shape index (κ1) is 17.4. The van der Waals surface area contributed by atoms with Gasteiger partial charge in [0.05, 0.1) is 12.9 Å². The Bertz CT molecular complexity index is 681. The summed E-state index contributed by atoms with van der Waals surface area (Å²) in [5, 5.41) is 0.804. The van der Waals surface area contributed by atoms with Gasteiger partial charge in [-0.3, -0.25) is 14.3 Å². The van der Waals surface area contributed by atoms with E-state index in [2.05, 4.69) is 4.72 Å². The molecule has 1 aromatic rings. The Morgan fingerprint density at radius 2 is 2.14 bits per heavy atom. The molecule has 126 valence electrons. The van der Waals surface area contributed by atoms with Gasteiger partial charge in [0.2, 0.25) is 10.0 Å². The maximum atomic E-state index is 12.9. The van der Waals surface area contributed by atoms with Crippen LogP contribution >= 0.6 is 11.3 Å². The molecule has 0 spiro atoms. The number of thiazole rings is 1. The number of hydrogen-bond donors (Lipinski definition) is 1. The van der Waals surface area contributed by atoms with Crippen LogP contribution in [0.5, 0.6) is 0 Å². The van der Waals surface area contributed by atoms with Crippen LogP contribution in [-0.4, -0.2) is 43.3 Å². The molecular weight excluding hydrogens is 343 g/mol. The number of piperidine rings is 1. The predicted octanol–water partition coefficient (Wildman–Crippen LogP) is 0.900. The summed E-state index contributed by atoms with van der Waals surface area (Å²) in [6.45, 7) is 0.591. The number of nitrogens with one attached hydrogen (secondary N) is 1. The third kappa shape index (κ3) is 4.54. The number of halogens is 3. The highest BCUT2D eigenvalue weighted by Crippen LogP contribution is 2.29. The number of nitrogens with zero attached hydrogens (tertiary/aromatic N) is 2. The number of alkyl halides is 3. The Balaban J connectivity index is 2.11. The monoisotopic (exact) mass is 359 g/mol. The lowest BCUT2D eigenvalue weighted by atomic mass is 10.1. The molecule has 0 aromatic carbocycles. The van der Waals surface area contributed by atoms with Gasteiger partial charge in [0.15, 0.2) is 0 Å². The van der Waals surface area contributed by atoms with Gasteiger partial charge in [0, 0.05) is 18.0 Å². The van der Waals surface area contributed by atoms with Crippen molar-refractivity contribution in [1.82, 2.24) is 14.2 Å². The van der Waals surface area contributed by atoms with Crippen LogP contribution in [0.2, 0.25) is 0 Å². The van der Waals surface area contributed by atoms with Gasteiger partial charge in [0.25, 0.3) is 0 Å². The Morgan fingerprint density at radius 1 is 1.45 bits per heavy atom. The Kier molecular flexibility index (Phi) is 5.00. The van der Waals surface area contributed by atoms with Crippen LogP contribution in [-0.2, 0) is 22.9 Å². The smallest absolute Gasteiger partial charge is 0.284 e. The molecule has 1 aromatic heterocycles. The number of sulfonamides is 1. The molecule has 1 aliphatic heterocycles. The largest absolute Gasteiger partial charge is 0.432 e. The minimum atomic E-state index is -4.58. The van der Waals surface area contributed by atoms with E-state index in [4.69, 9.17) is 0 Å². The fourth-order valence-electron chi connectivity index (χ4n) is 2.47. The molecule has 1 atom stereocenters. The Hall–Kier alpha value is -0.910. The fourth-order valence-corrected chi connectivity index (χ4v) is 4.02. The van der Waals surface area contributed by atoms with Crippen molar-refractivity contribution in [2.24, 2.45) is 0 Å². The van der Waals surface area contributed by atoms with Gasteiger partial charge in [-0.25, -0.2) is 13.1 Å². The normalized spacial score (nSPS) is 21.2. The summed E-state index contributed by atoms with van der Waals surface area (Å²) >= 11 is 0.507. The van der Waals surface area contributed by atoms with Crippen molar-refractivity contribution in [3.05, 3.63) is 20.7 Å². The fraction of sp³-hybridized carbons (Fsp3) is 0.727. The van der Waals surface area contributed by atoms with Crippen molar-refractivity contribution >= 4 is 21.4 Å². The zero-order valence-electron chi connectivity index (χ0n) is 11.8. The summed E-state index contributed by atoms with van der Waals surface area (Å²) in [5.74, 6) is 0. The number of rotatable bonds is 4. The van der Waals surface area contributed by atoms with Crippen LogP contribution in [0, 0.1) is 0 Å². The number of aromatic nitrogens is 1. The second-order valence-corrected chi connectivity index (χ2v) is 7.86. The highest BCUT2D eigenvalue weighted by atomic mass is 32.2. The molecule has 1 saturated heterocycles. The molecule has 11 heteroatoms. The standard InChI is InChI=1S/C11H16F3N3O3S2/c1-22(19,20)15-8-3-2-4-16(5-8)7-17-9(11(12,13)14)6-21-10(17)18/h6,8,15H,2-5,7H2,1H3/t8-/m0/s1. The van der Waals surface area contributed by atoms with Crippen LogP contribution in [0.4, 0.5) is 13.2 Å². The molecular formula is C11H16F3N3O3S2. The van der Waals surface area contributed by atoms with Crippen molar-refractivity contribution in [2.75, 3.05) is 19.3 Å². The van der Waals surface area contributed by atoms with Gasteiger partial charge >= 0.3 is 11.0 Å². The second-order valence-electron chi connectivity index (χ2n) is 5.26. The van der Waals surface area contributed by atoms with Crippen LogP contribution in [0.15, 0.2) is 10.2 Å². The van der Waals surface area contributed by atoms with Crippen LogP contribution < -0.4 is 9.60 Å². The molecule has 0 amide bonds. The molecule has 1 aliphatic rings. The maximum absolute atomic E-state index is 12.9.